The molecule has 0 N–H and O–H groups in total. The van der Waals surface area contributed by atoms with Crippen LogP contribution in [0.3, 0.4) is 0 Å². The van der Waals surface area contributed by atoms with E-state index in [4.69, 9.17) is 20.9 Å². The summed E-state index contributed by atoms with van der Waals surface area (Å²) in [6, 6.07) is 10.1. The lowest BCUT2D eigenvalue weighted by Crippen LogP contribution is -2.41. The first-order valence-electron chi connectivity index (χ1n) is 7.90. The fourth-order valence-corrected chi connectivity index (χ4v) is 3.68. The predicted octanol–water partition coefficient (Wildman–Crippen LogP) is 4.77. The van der Waals surface area contributed by atoms with Gasteiger partial charge in [-0.1, -0.05) is 41.9 Å². The molecular formula is C18H20BBrClNO2. The van der Waals surface area contributed by atoms with Crippen LogP contribution in [0.1, 0.15) is 33.3 Å². The molecule has 1 aliphatic rings. The number of nitrogens with zero attached hydrogens (tertiary/aromatic N) is 1. The van der Waals surface area contributed by atoms with Crippen LogP contribution in [0.5, 0.6) is 0 Å². The summed E-state index contributed by atoms with van der Waals surface area (Å²) in [4.78, 5) is 4.43. The van der Waals surface area contributed by atoms with Crippen LogP contribution in [-0.2, 0) is 9.31 Å². The zero-order valence-corrected chi connectivity index (χ0v) is 16.8. The van der Waals surface area contributed by atoms with Gasteiger partial charge in [0.1, 0.15) is 9.76 Å². The first-order valence-corrected chi connectivity index (χ1v) is 9.08. The Hall–Kier alpha value is -0.875. The van der Waals surface area contributed by atoms with Gasteiger partial charge in [-0.3, -0.25) is 0 Å². The maximum absolute atomic E-state index is 6.35. The molecule has 126 valence electrons. The zero-order chi connectivity index (χ0) is 17.7. The van der Waals surface area contributed by atoms with Crippen molar-refractivity contribution in [2.75, 3.05) is 0 Å². The minimum absolute atomic E-state index is 0.416. The first kappa shape index (κ1) is 17.9. The number of rotatable bonds is 2. The van der Waals surface area contributed by atoms with Crippen LogP contribution >= 0.6 is 27.5 Å². The second-order valence-electron chi connectivity index (χ2n) is 7.06. The average molecular weight is 409 g/mol. The van der Waals surface area contributed by atoms with Crippen molar-refractivity contribution in [1.82, 2.24) is 4.98 Å². The fourth-order valence-electron chi connectivity index (χ4n) is 2.77. The highest BCUT2D eigenvalue weighted by Gasteiger charge is 2.53. The zero-order valence-electron chi connectivity index (χ0n) is 14.5. The molecule has 1 aromatic heterocycles. The molecule has 0 saturated carbocycles. The Morgan fingerprint density at radius 3 is 2.12 bits per heavy atom. The van der Waals surface area contributed by atoms with E-state index in [0.717, 1.165) is 22.2 Å². The van der Waals surface area contributed by atoms with Crippen LogP contribution in [0.15, 0.2) is 34.9 Å². The highest BCUT2D eigenvalue weighted by molar-refractivity contribution is 9.10. The summed E-state index contributed by atoms with van der Waals surface area (Å²) in [7, 11) is -0.498. The lowest BCUT2D eigenvalue weighted by molar-refractivity contribution is 0.00578. The number of hydrogen-bond donors (Lipinski definition) is 0. The molecule has 0 bridgehead atoms. The highest BCUT2D eigenvalue weighted by Crippen LogP contribution is 2.39. The van der Waals surface area contributed by atoms with Crippen LogP contribution in [-0.4, -0.2) is 23.3 Å². The summed E-state index contributed by atoms with van der Waals surface area (Å²) >= 11 is 9.91. The molecule has 6 heteroatoms. The minimum Gasteiger partial charge on any atom is -0.399 e. The van der Waals surface area contributed by atoms with Crippen LogP contribution < -0.4 is 5.46 Å². The SMILES string of the molecule is Cc1c(Cl)nc(Br)c(-c2ccccc2)c1B1OC(C)(C)C(C)(C)O1. The Kier molecular flexibility index (Phi) is 4.58. The lowest BCUT2D eigenvalue weighted by Gasteiger charge is -2.32. The Labute approximate surface area is 157 Å². The molecular weight excluding hydrogens is 388 g/mol. The second-order valence-corrected chi connectivity index (χ2v) is 8.17. The third kappa shape index (κ3) is 2.92. The third-order valence-electron chi connectivity index (χ3n) is 4.94. The van der Waals surface area contributed by atoms with Gasteiger partial charge in [0.15, 0.2) is 0 Å². The molecule has 0 spiro atoms. The average Bonchev–Trinajstić information content (AvgIpc) is 2.71. The van der Waals surface area contributed by atoms with Gasteiger partial charge in [0.2, 0.25) is 0 Å². The smallest absolute Gasteiger partial charge is 0.399 e. The Balaban J connectivity index is 2.21. The summed E-state index contributed by atoms with van der Waals surface area (Å²) in [5, 5.41) is 0.450. The van der Waals surface area contributed by atoms with Gasteiger partial charge in [0.25, 0.3) is 0 Å². The molecule has 0 amide bonds. The lowest BCUT2D eigenvalue weighted by atomic mass is 9.72. The normalized spacial score (nSPS) is 18.9. The van der Waals surface area contributed by atoms with Crippen molar-refractivity contribution in [3.63, 3.8) is 0 Å². The number of halogens is 2. The van der Waals surface area contributed by atoms with Crippen LogP contribution in [0.4, 0.5) is 0 Å². The topological polar surface area (TPSA) is 31.4 Å². The first-order chi connectivity index (χ1) is 11.1. The van der Waals surface area contributed by atoms with E-state index < -0.39 is 18.3 Å². The third-order valence-corrected chi connectivity index (χ3v) is 5.88. The maximum Gasteiger partial charge on any atom is 0.495 e. The molecule has 1 aromatic carbocycles. The van der Waals surface area contributed by atoms with Crippen molar-refractivity contribution in [2.45, 2.75) is 45.8 Å². The van der Waals surface area contributed by atoms with Crippen molar-refractivity contribution >= 4 is 40.1 Å². The molecule has 3 nitrogen and oxygen atoms in total. The molecule has 0 aliphatic carbocycles. The molecule has 0 unspecified atom stereocenters. The predicted molar refractivity (Wildman–Crippen MR) is 103 cm³/mol. The number of hydrogen-bond acceptors (Lipinski definition) is 3. The van der Waals surface area contributed by atoms with Gasteiger partial charge >= 0.3 is 7.12 Å². The van der Waals surface area contributed by atoms with Crippen LogP contribution in [0, 0.1) is 6.92 Å². The molecule has 1 fully saturated rings. The van der Waals surface area contributed by atoms with E-state index in [1.807, 2.05) is 65.0 Å². The Morgan fingerprint density at radius 2 is 1.58 bits per heavy atom. The van der Waals surface area contributed by atoms with Gasteiger partial charge in [0.05, 0.1) is 11.2 Å². The summed E-state index contributed by atoms with van der Waals surface area (Å²) in [6.45, 7) is 10.1. The molecule has 24 heavy (non-hydrogen) atoms. The van der Waals surface area contributed by atoms with Crippen LogP contribution in [0.2, 0.25) is 5.15 Å². The van der Waals surface area contributed by atoms with Crippen molar-refractivity contribution in [3.05, 3.63) is 45.7 Å². The van der Waals surface area contributed by atoms with Crippen molar-refractivity contribution in [1.29, 1.82) is 0 Å². The molecule has 1 saturated heterocycles. The maximum atomic E-state index is 6.35. The van der Waals surface area contributed by atoms with Gasteiger partial charge < -0.3 is 9.31 Å². The molecule has 3 rings (SSSR count). The van der Waals surface area contributed by atoms with Crippen molar-refractivity contribution < 1.29 is 9.31 Å². The quantitative estimate of drug-likeness (QED) is 0.530. The molecule has 2 heterocycles. The number of aromatic nitrogens is 1. The van der Waals surface area contributed by atoms with Gasteiger partial charge in [0, 0.05) is 5.56 Å². The van der Waals surface area contributed by atoms with E-state index in [2.05, 4.69) is 20.9 Å². The summed E-state index contributed by atoms with van der Waals surface area (Å²) in [6.07, 6.45) is 0. The second kappa shape index (κ2) is 6.13. The van der Waals surface area contributed by atoms with E-state index in [-0.39, 0.29) is 0 Å². The largest absolute Gasteiger partial charge is 0.495 e. The standard InChI is InChI=1S/C18H20BBrClNO2/c1-11-14(19-23-17(2,3)18(4,5)24-19)13(15(20)22-16(11)21)12-9-7-6-8-10-12/h6-10H,1-5H3. The Bertz CT molecular complexity index is 764. The van der Waals surface area contributed by atoms with E-state index in [9.17, 15) is 0 Å². The van der Waals surface area contributed by atoms with E-state index in [0.29, 0.717) is 9.76 Å². The van der Waals surface area contributed by atoms with E-state index >= 15 is 0 Å². The van der Waals surface area contributed by atoms with Crippen LogP contribution in [0.25, 0.3) is 11.1 Å². The van der Waals surface area contributed by atoms with Gasteiger partial charge in [-0.15, -0.1) is 0 Å². The minimum atomic E-state index is -0.498. The molecule has 0 atom stereocenters. The number of benzene rings is 1. The van der Waals surface area contributed by atoms with E-state index in [1.54, 1.807) is 0 Å². The molecule has 2 aromatic rings. The fraction of sp³-hybridized carbons (Fsp3) is 0.389. The highest BCUT2D eigenvalue weighted by atomic mass is 79.9. The summed E-state index contributed by atoms with van der Waals surface area (Å²) in [5.74, 6) is 0. The summed E-state index contributed by atoms with van der Waals surface area (Å²) < 4.78 is 13.2. The summed E-state index contributed by atoms with van der Waals surface area (Å²) in [5.41, 5.74) is 2.96. The Morgan fingerprint density at radius 1 is 1.04 bits per heavy atom. The molecule has 0 radical (unpaired) electrons. The van der Waals surface area contributed by atoms with E-state index in [1.165, 1.54) is 0 Å². The van der Waals surface area contributed by atoms with Gasteiger partial charge in [-0.2, -0.15) is 0 Å². The number of pyridine rings is 1. The van der Waals surface area contributed by atoms with Gasteiger partial charge in [-0.05, 0) is 67.1 Å². The van der Waals surface area contributed by atoms with Crippen molar-refractivity contribution in [2.24, 2.45) is 0 Å². The van der Waals surface area contributed by atoms with Gasteiger partial charge in [-0.25, -0.2) is 4.98 Å². The van der Waals surface area contributed by atoms with Crippen molar-refractivity contribution in [3.8, 4) is 11.1 Å². The molecule has 1 aliphatic heterocycles. The monoisotopic (exact) mass is 407 g/mol.